The number of hydrogen-bond donors (Lipinski definition) is 0. The molecule has 3 rings (SSSR count). The van der Waals surface area contributed by atoms with Gasteiger partial charge in [-0.2, -0.15) is 5.26 Å². The molecule has 3 amide bonds. The fourth-order valence-electron chi connectivity index (χ4n) is 3.41. The summed E-state index contributed by atoms with van der Waals surface area (Å²) in [5.41, 5.74) is 1.03. The van der Waals surface area contributed by atoms with Gasteiger partial charge in [-0.05, 0) is 17.7 Å². The molecule has 2 saturated heterocycles. The number of morpholine rings is 1. The summed E-state index contributed by atoms with van der Waals surface area (Å²) < 4.78 is 5.45. The van der Waals surface area contributed by atoms with Gasteiger partial charge in [0.2, 0.25) is 0 Å². The van der Waals surface area contributed by atoms with Gasteiger partial charge in [0.15, 0.2) is 5.92 Å². The van der Waals surface area contributed by atoms with Crippen LogP contribution in [0.4, 0.5) is 4.79 Å². The topological polar surface area (TPSA) is 89.2 Å². The summed E-state index contributed by atoms with van der Waals surface area (Å²) in [6, 6.07) is 8.93. The Hall–Kier alpha value is -2.47. The Kier molecular flexibility index (Phi) is 6.29. The molecule has 0 aromatic heterocycles. The Morgan fingerprint density at radius 1 is 1.21 bits per heavy atom. The number of urea groups is 1. The van der Waals surface area contributed by atoms with Crippen LogP contribution in [0.1, 0.15) is 11.6 Å². The van der Waals surface area contributed by atoms with E-state index in [0.29, 0.717) is 24.8 Å². The number of ether oxygens (including phenoxy) is 1. The van der Waals surface area contributed by atoms with E-state index in [1.54, 1.807) is 0 Å². The third-order valence-corrected chi connectivity index (χ3v) is 5.30. The molecule has 2 unspecified atom stereocenters. The number of carbonyl (C=O) groups excluding carboxylic acids is 2. The van der Waals surface area contributed by atoms with E-state index in [4.69, 9.17) is 16.3 Å². The van der Waals surface area contributed by atoms with Crippen LogP contribution in [0.5, 0.6) is 0 Å². The minimum absolute atomic E-state index is 0.0775. The lowest BCUT2D eigenvalue weighted by atomic mass is 10.0. The van der Waals surface area contributed by atoms with E-state index in [1.807, 2.05) is 30.3 Å². The van der Waals surface area contributed by atoms with E-state index in [-0.39, 0.29) is 11.9 Å². The number of nitrogens with zero attached hydrogens (tertiary/aromatic N) is 5. The number of hydrogen-bond acceptors (Lipinski definition) is 6. The summed E-state index contributed by atoms with van der Waals surface area (Å²) >= 11 is 6.02. The molecule has 8 nitrogen and oxygen atoms in total. The van der Waals surface area contributed by atoms with E-state index in [2.05, 4.69) is 9.89 Å². The second kappa shape index (κ2) is 8.69. The smallest absolute Gasteiger partial charge is 0.331 e. The van der Waals surface area contributed by atoms with Gasteiger partial charge >= 0.3 is 6.03 Å². The van der Waals surface area contributed by atoms with Gasteiger partial charge in [-0.3, -0.25) is 24.5 Å². The van der Waals surface area contributed by atoms with Crippen LogP contribution in [-0.2, 0) is 9.53 Å². The number of amides is 3. The summed E-state index contributed by atoms with van der Waals surface area (Å²) in [6.45, 7) is 3.06. The molecule has 2 fully saturated rings. The molecular weight excluding hydrogens is 382 g/mol. The van der Waals surface area contributed by atoms with Crippen molar-refractivity contribution in [2.45, 2.75) is 6.04 Å². The maximum Gasteiger partial charge on any atom is 0.331 e. The van der Waals surface area contributed by atoms with Crippen LogP contribution in [0.15, 0.2) is 29.3 Å². The molecule has 1 aromatic rings. The summed E-state index contributed by atoms with van der Waals surface area (Å²) in [6.07, 6.45) is 0. The van der Waals surface area contributed by atoms with Gasteiger partial charge in [0.05, 0.1) is 31.9 Å². The number of amidine groups is 1. The van der Waals surface area contributed by atoms with Gasteiger partial charge in [0.1, 0.15) is 5.84 Å². The van der Waals surface area contributed by atoms with Crippen molar-refractivity contribution >= 4 is 29.4 Å². The number of halogens is 1. The number of nitriles is 1. The summed E-state index contributed by atoms with van der Waals surface area (Å²) in [5.74, 6) is -1.47. The van der Waals surface area contributed by atoms with E-state index in [0.717, 1.165) is 23.6 Å². The van der Waals surface area contributed by atoms with Crippen molar-refractivity contribution in [3.05, 3.63) is 34.9 Å². The Balaban J connectivity index is 1.91. The number of imide groups is 1. The molecule has 28 heavy (non-hydrogen) atoms. The standard InChI is InChI=1S/C19H22ClN5O3/c1-23-17(15(11-21)18(26)24(2)19(23)27)22-12-16(25-7-9-28-10-8-25)13-3-5-14(20)6-4-13/h3-6,15-16H,7-10,12H2,1-2H3. The number of rotatable bonds is 4. The van der Waals surface area contributed by atoms with Gasteiger partial charge in [-0.1, -0.05) is 23.7 Å². The normalized spacial score (nSPS) is 23.8. The number of aliphatic imine (C=N–C) groups is 1. The van der Waals surface area contributed by atoms with Crippen molar-refractivity contribution < 1.29 is 14.3 Å². The maximum atomic E-state index is 12.3. The largest absolute Gasteiger partial charge is 0.379 e. The van der Waals surface area contributed by atoms with Gasteiger partial charge in [-0.15, -0.1) is 0 Å². The second-order valence-corrected chi connectivity index (χ2v) is 7.15. The quantitative estimate of drug-likeness (QED) is 0.764. The molecule has 9 heteroatoms. The highest BCUT2D eigenvalue weighted by Crippen LogP contribution is 2.25. The van der Waals surface area contributed by atoms with Gasteiger partial charge in [0.25, 0.3) is 5.91 Å². The lowest BCUT2D eigenvalue weighted by molar-refractivity contribution is -0.129. The zero-order chi connectivity index (χ0) is 20.3. The molecule has 0 radical (unpaired) electrons. The average molecular weight is 404 g/mol. The molecule has 2 aliphatic rings. The van der Waals surface area contributed by atoms with Gasteiger partial charge < -0.3 is 4.74 Å². The first-order chi connectivity index (χ1) is 13.4. The second-order valence-electron chi connectivity index (χ2n) is 6.72. The first-order valence-corrected chi connectivity index (χ1v) is 9.38. The first-order valence-electron chi connectivity index (χ1n) is 9.00. The minimum atomic E-state index is -1.09. The Bertz CT molecular complexity index is 814. The van der Waals surface area contributed by atoms with E-state index >= 15 is 0 Å². The van der Waals surface area contributed by atoms with Crippen LogP contribution in [0.2, 0.25) is 5.02 Å². The molecule has 0 spiro atoms. The van der Waals surface area contributed by atoms with Crippen LogP contribution in [-0.4, -0.2) is 79.4 Å². The molecule has 0 bridgehead atoms. The van der Waals surface area contributed by atoms with Crippen molar-refractivity contribution in [1.82, 2.24) is 14.7 Å². The highest BCUT2D eigenvalue weighted by atomic mass is 35.5. The van der Waals surface area contributed by atoms with E-state index in [9.17, 15) is 14.9 Å². The van der Waals surface area contributed by atoms with Crippen molar-refractivity contribution in [3.63, 3.8) is 0 Å². The highest BCUT2D eigenvalue weighted by molar-refractivity contribution is 6.30. The van der Waals surface area contributed by atoms with Crippen LogP contribution in [0.25, 0.3) is 0 Å². The van der Waals surface area contributed by atoms with Crippen molar-refractivity contribution in [2.24, 2.45) is 10.9 Å². The van der Waals surface area contributed by atoms with Gasteiger partial charge in [-0.25, -0.2) is 4.79 Å². The first kappa shape index (κ1) is 20.3. The third-order valence-electron chi connectivity index (χ3n) is 5.05. The molecule has 2 atom stereocenters. The minimum Gasteiger partial charge on any atom is -0.379 e. The van der Waals surface area contributed by atoms with Crippen molar-refractivity contribution in [1.29, 1.82) is 5.26 Å². The molecule has 1 aromatic carbocycles. The Labute approximate surface area is 168 Å². The predicted octanol–water partition coefficient (Wildman–Crippen LogP) is 1.78. The number of carbonyl (C=O) groups is 2. The molecule has 0 aliphatic carbocycles. The Morgan fingerprint density at radius 2 is 1.86 bits per heavy atom. The molecule has 2 heterocycles. The Morgan fingerprint density at radius 3 is 2.46 bits per heavy atom. The van der Waals surface area contributed by atoms with E-state index in [1.165, 1.54) is 19.0 Å². The van der Waals surface area contributed by atoms with Gasteiger partial charge in [0, 0.05) is 32.2 Å². The highest BCUT2D eigenvalue weighted by Gasteiger charge is 2.41. The molecule has 0 saturated carbocycles. The van der Waals surface area contributed by atoms with Crippen LogP contribution in [0, 0.1) is 17.2 Å². The van der Waals surface area contributed by atoms with E-state index < -0.39 is 17.9 Å². The predicted molar refractivity (Wildman–Crippen MR) is 104 cm³/mol. The van der Waals surface area contributed by atoms with Crippen LogP contribution >= 0.6 is 11.6 Å². The van der Waals surface area contributed by atoms with Crippen LogP contribution < -0.4 is 0 Å². The summed E-state index contributed by atoms with van der Waals surface area (Å²) in [4.78, 5) is 33.6. The fraction of sp³-hybridized carbons (Fsp3) is 0.474. The summed E-state index contributed by atoms with van der Waals surface area (Å²) in [7, 11) is 2.90. The SMILES string of the molecule is CN1C(=O)C(C#N)C(=NCC(c2ccc(Cl)cc2)N2CCOCC2)N(C)C1=O. The van der Waals surface area contributed by atoms with Crippen LogP contribution in [0.3, 0.4) is 0 Å². The zero-order valence-electron chi connectivity index (χ0n) is 15.8. The summed E-state index contributed by atoms with van der Waals surface area (Å²) in [5, 5.41) is 10.1. The van der Waals surface area contributed by atoms with Crippen molar-refractivity contribution in [2.75, 3.05) is 46.9 Å². The fourth-order valence-corrected chi connectivity index (χ4v) is 3.54. The molecule has 2 aliphatic heterocycles. The lowest BCUT2D eigenvalue weighted by Crippen LogP contribution is -2.56. The monoisotopic (exact) mass is 403 g/mol. The molecule has 148 valence electrons. The third kappa shape index (κ3) is 4.02. The zero-order valence-corrected chi connectivity index (χ0v) is 16.6. The lowest BCUT2D eigenvalue weighted by Gasteiger charge is -2.36. The number of benzene rings is 1. The maximum absolute atomic E-state index is 12.3. The molecule has 0 N–H and O–H groups in total. The van der Waals surface area contributed by atoms with Crippen molar-refractivity contribution in [3.8, 4) is 6.07 Å². The average Bonchev–Trinajstić information content (AvgIpc) is 2.72. The molecular formula is C19H22ClN5O3.